The molecule has 5 heteroatoms. The van der Waals surface area contributed by atoms with E-state index in [0.29, 0.717) is 19.6 Å². The minimum Gasteiger partial charge on any atom is -0.461 e. The second-order valence-corrected chi connectivity index (χ2v) is 4.08. The van der Waals surface area contributed by atoms with Crippen molar-refractivity contribution in [3.05, 3.63) is 35.9 Å². The van der Waals surface area contributed by atoms with Crippen molar-refractivity contribution < 1.29 is 14.3 Å². The third-order valence-corrected chi connectivity index (χ3v) is 2.65. The van der Waals surface area contributed by atoms with E-state index in [1.165, 1.54) is 0 Å². The lowest BCUT2D eigenvalue weighted by atomic mass is 10.2. The van der Waals surface area contributed by atoms with E-state index in [2.05, 4.69) is 5.32 Å². The van der Waals surface area contributed by atoms with E-state index in [1.54, 1.807) is 0 Å². The first-order valence-electron chi connectivity index (χ1n) is 5.85. The average Bonchev–Trinajstić information content (AvgIpc) is 2.39. The molecule has 1 saturated heterocycles. The zero-order valence-corrected chi connectivity index (χ0v) is 10.9. The summed E-state index contributed by atoms with van der Waals surface area (Å²) in [7, 11) is 0. The topological polar surface area (TPSA) is 47.6 Å². The van der Waals surface area contributed by atoms with Crippen molar-refractivity contribution in [3.8, 4) is 0 Å². The summed E-state index contributed by atoms with van der Waals surface area (Å²) in [6.07, 6.45) is 0.368. The van der Waals surface area contributed by atoms with Gasteiger partial charge in [0.05, 0.1) is 19.6 Å². The monoisotopic (exact) mass is 271 g/mol. The van der Waals surface area contributed by atoms with Crippen molar-refractivity contribution in [2.45, 2.75) is 19.1 Å². The van der Waals surface area contributed by atoms with E-state index < -0.39 is 0 Å². The molecule has 0 amide bonds. The standard InChI is InChI=1S/C13H17NO3.ClH/c15-13(8-12-10-16-7-6-14-12)17-9-11-4-2-1-3-5-11;/h1-5,12,14H,6-10H2;1H. The van der Waals surface area contributed by atoms with Crippen LogP contribution < -0.4 is 5.32 Å². The fourth-order valence-corrected chi connectivity index (χ4v) is 1.75. The number of esters is 1. The molecule has 100 valence electrons. The van der Waals surface area contributed by atoms with Gasteiger partial charge >= 0.3 is 5.97 Å². The van der Waals surface area contributed by atoms with Crippen molar-refractivity contribution in [1.29, 1.82) is 0 Å². The summed E-state index contributed by atoms with van der Waals surface area (Å²) in [5, 5.41) is 3.22. The lowest BCUT2D eigenvalue weighted by Crippen LogP contribution is -2.42. The lowest BCUT2D eigenvalue weighted by Gasteiger charge is -2.22. The highest BCUT2D eigenvalue weighted by molar-refractivity contribution is 5.85. The molecule has 0 aliphatic carbocycles. The van der Waals surface area contributed by atoms with Gasteiger partial charge in [0.2, 0.25) is 0 Å². The summed E-state index contributed by atoms with van der Waals surface area (Å²) >= 11 is 0. The summed E-state index contributed by atoms with van der Waals surface area (Å²) in [6, 6.07) is 9.77. The van der Waals surface area contributed by atoms with Crippen LogP contribution in [-0.2, 0) is 20.9 Å². The molecular formula is C13H18ClNO3. The van der Waals surface area contributed by atoms with E-state index in [0.717, 1.165) is 18.7 Å². The van der Waals surface area contributed by atoms with Gasteiger partial charge in [-0.15, -0.1) is 12.4 Å². The Balaban J connectivity index is 0.00000162. The molecule has 1 unspecified atom stereocenters. The molecule has 1 aromatic rings. The predicted octanol–water partition coefficient (Wildman–Crippen LogP) is 1.53. The number of carbonyl (C=O) groups is 1. The average molecular weight is 272 g/mol. The first-order chi connectivity index (χ1) is 8.34. The van der Waals surface area contributed by atoms with Crippen LogP contribution in [0.5, 0.6) is 0 Å². The molecule has 1 fully saturated rings. The number of benzene rings is 1. The highest BCUT2D eigenvalue weighted by Gasteiger charge is 2.17. The Labute approximate surface area is 113 Å². The van der Waals surface area contributed by atoms with Gasteiger partial charge in [-0.3, -0.25) is 4.79 Å². The number of hydrogen-bond acceptors (Lipinski definition) is 4. The van der Waals surface area contributed by atoms with Crippen LogP contribution in [0.4, 0.5) is 0 Å². The third kappa shape index (κ3) is 5.04. The van der Waals surface area contributed by atoms with Crippen LogP contribution in [0.25, 0.3) is 0 Å². The number of ether oxygens (including phenoxy) is 2. The van der Waals surface area contributed by atoms with E-state index in [1.807, 2.05) is 30.3 Å². The van der Waals surface area contributed by atoms with Gasteiger partial charge in [0.15, 0.2) is 0 Å². The Bertz CT molecular complexity index is 353. The molecule has 0 bridgehead atoms. The third-order valence-electron chi connectivity index (χ3n) is 2.65. The van der Waals surface area contributed by atoms with Crippen molar-refractivity contribution in [3.63, 3.8) is 0 Å². The first kappa shape index (κ1) is 15.0. The Morgan fingerprint density at radius 3 is 2.83 bits per heavy atom. The fourth-order valence-electron chi connectivity index (χ4n) is 1.75. The molecule has 18 heavy (non-hydrogen) atoms. The van der Waals surface area contributed by atoms with Crippen molar-refractivity contribution >= 4 is 18.4 Å². The van der Waals surface area contributed by atoms with Crippen LogP contribution >= 0.6 is 12.4 Å². The number of carbonyl (C=O) groups excluding carboxylic acids is 1. The summed E-state index contributed by atoms with van der Waals surface area (Å²) in [5.41, 5.74) is 1.01. The van der Waals surface area contributed by atoms with Crippen molar-refractivity contribution in [1.82, 2.24) is 5.32 Å². The molecule has 1 aromatic carbocycles. The van der Waals surface area contributed by atoms with Gasteiger partial charge < -0.3 is 14.8 Å². The predicted molar refractivity (Wildman–Crippen MR) is 70.7 cm³/mol. The molecular weight excluding hydrogens is 254 g/mol. The normalized spacial score (nSPS) is 18.8. The van der Waals surface area contributed by atoms with E-state index >= 15 is 0 Å². The maximum Gasteiger partial charge on any atom is 0.307 e. The van der Waals surface area contributed by atoms with Gasteiger partial charge in [0.25, 0.3) is 0 Å². The van der Waals surface area contributed by atoms with Crippen LogP contribution in [0.15, 0.2) is 30.3 Å². The van der Waals surface area contributed by atoms with Gasteiger partial charge in [-0.2, -0.15) is 0 Å². The second-order valence-electron chi connectivity index (χ2n) is 4.08. The fraction of sp³-hybridized carbons (Fsp3) is 0.462. The molecule has 1 heterocycles. The van der Waals surface area contributed by atoms with Gasteiger partial charge in [-0.1, -0.05) is 30.3 Å². The quantitative estimate of drug-likeness (QED) is 0.844. The minimum atomic E-state index is -0.183. The molecule has 0 saturated carbocycles. The van der Waals surface area contributed by atoms with Gasteiger partial charge in [0, 0.05) is 12.6 Å². The van der Waals surface area contributed by atoms with Crippen LogP contribution in [0.3, 0.4) is 0 Å². The Morgan fingerprint density at radius 1 is 1.39 bits per heavy atom. The molecule has 0 aromatic heterocycles. The number of morpholine rings is 1. The highest BCUT2D eigenvalue weighted by Crippen LogP contribution is 2.04. The number of nitrogens with one attached hydrogen (secondary N) is 1. The molecule has 1 atom stereocenters. The van der Waals surface area contributed by atoms with E-state index in [4.69, 9.17) is 9.47 Å². The minimum absolute atomic E-state index is 0. The maximum absolute atomic E-state index is 11.6. The SMILES string of the molecule is Cl.O=C(CC1COCCN1)OCc1ccccc1. The van der Waals surface area contributed by atoms with Crippen molar-refractivity contribution in [2.75, 3.05) is 19.8 Å². The Morgan fingerprint density at radius 2 is 2.17 bits per heavy atom. The van der Waals surface area contributed by atoms with E-state index in [9.17, 15) is 4.79 Å². The summed E-state index contributed by atoms with van der Waals surface area (Å²) in [4.78, 5) is 11.6. The van der Waals surface area contributed by atoms with Crippen LogP contribution in [-0.4, -0.2) is 31.8 Å². The summed E-state index contributed by atoms with van der Waals surface area (Å²) in [6.45, 7) is 2.44. The smallest absolute Gasteiger partial charge is 0.307 e. The van der Waals surface area contributed by atoms with Gasteiger partial charge in [0.1, 0.15) is 6.61 Å². The zero-order valence-electron chi connectivity index (χ0n) is 10.1. The second kappa shape index (κ2) is 8.08. The molecule has 1 N–H and O–H groups in total. The van der Waals surface area contributed by atoms with Gasteiger partial charge in [-0.25, -0.2) is 0 Å². The summed E-state index contributed by atoms with van der Waals surface area (Å²) in [5.74, 6) is -0.183. The first-order valence-corrected chi connectivity index (χ1v) is 5.85. The molecule has 4 nitrogen and oxygen atoms in total. The van der Waals surface area contributed by atoms with Crippen molar-refractivity contribution in [2.24, 2.45) is 0 Å². The molecule has 1 aliphatic heterocycles. The molecule has 0 radical (unpaired) electrons. The van der Waals surface area contributed by atoms with E-state index in [-0.39, 0.29) is 24.4 Å². The van der Waals surface area contributed by atoms with Gasteiger partial charge in [-0.05, 0) is 5.56 Å². The molecule has 2 rings (SSSR count). The molecule has 0 spiro atoms. The lowest BCUT2D eigenvalue weighted by molar-refractivity contribution is -0.146. The highest BCUT2D eigenvalue weighted by atomic mass is 35.5. The number of rotatable bonds is 4. The Kier molecular flexibility index (Phi) is 6.72. The molecule has 1 aliphatic rings. The zero-order chi connectivity index (χ0) is 11.9. The van der Waals surface area contributed by atoms with Crippen LogP contribution in [0.2, 0.25) is 0 Å². The summed E-state index contributed by atoms with van der Waals surface area (Å²) < 4.78 is 10.5. The largest absolute Gasteiger partial charge is 0.461 e. The van der Waals surface area contributed by atoms with Crippen LogP contribution in [0, 0.1) is 0 Å². The number of halogens is 1. The maximum atomic E-state index is 11.6. The van der Waals surface area contributed by atoms with Crippen LogP contribution in [0.1, 0.15) is 12.0 Å². The number of hydrogen-bond donors (Lipinski definition) is 1. The Hall–Kier alpha value is -1.10.